The Kier molecular flexibility index (Phi) is 6.46. The van der Waals surface area contributed by atoms with Gasteiger partial charge in [-0.2, -0.15) is 9.78 Å². The third-order valence-electron chi connectivity index (χ3n) is 2.88. The first kappa shape index (κ1) is 14.0. The maximum absolute atomic E-state index is 5.43. The van der Waals surface area contributed by atoms with Crippen molar-refractivity contribution in [2.24, 2.45) is 0 Å². The molecule has 4 nitrogen and oxygen atoms in total. The fourth-order valence-corrected chi connectivity index (χ4v) is 3.24. The van der Waals surface area contributed by atoms with E-state index in [1.807, 2.05) is 0 Å². The smallest absolute Gasteiger partial charge is 0.223 e. The second-order valence-electron chi connectivity index (χ2n) is 4.28. The van der Waals surface area contributed by atoms with E-state index in [0.29, 0.717) is 11.9 Å². The molecule has 100 valence electrons. The van der Waals surface area contributed by atoms with Gasteiger partial charge in [-0.05, 0) is 37.2 Å². The fourth-order valence-electron chi connectivity index (χ4n) is 1.95. The molecule has 2 aliphatic rings. The van der Waals surface area contributed by atoms with Gasteiger partial charge in [-0.1, -0.05) is 0 Å². The van der Waals surface area contributed by atoms with E-state index in [1.54, 1.807) is 23.5 Å². The SMILES string of the molecule is C1CCSCOOC2(CCCC2)OOCSC1. The molecular weight excluding hydrogens is 260 g/mol. The highest BCUT2D eigenvalue weighted by atomic mass is 32.2. The van der Waals surface area contributed by atoms with Crippen molar-refractivity contribution >= 4 is 23.5 Å². The van der Waals surface area contributed by atoms with Crippen molar-refractivity contribution in [3.63, 3.8) is 0 Å². The van der Waals surface area contributed by atoms with E-state index in [9.17, 15) is 0 Å². The predicted octanol–water partition coefficient (Wildman–Crippen LogP) is 3.33. The van der Waals surface area contributed by atoms with Crippen LogP contribution in [0.5, 0.6) is 0 Å². The Morgan fingerprint density at radius 3 is 1.76 bits per heavy atom. The lowest BCUT2D eigenvalue weighted by Crippen LogP contribution is -2.32. The molecule has 17 heavy (non-hydrogen) atoms. The van der Waals surface area contributed by atoms with Crippen LogP contribution in [0.4, 0.5) is 0 Å². The number of rotatable bonds is 0. The topological polar surface area (TPSA) is 36.9 Å². The molecule has 1 aliphatic carbocycles. The van der Waals surface area contributed by atoms with Gasteiger partial charge >= 0.3 is 0 Å². The zero-order chi connectivity index (χ0) is 11.8. The summed E-state index contributed by atoms with van der Waals surface area (Å²) in [6.07, 6.45) is 6.34. The molecular formula is C11H20O4S2. The van der Waals surface area contributed by atoms with E-state index in [-0.39, 0.29) is 0 Å². The molecule has 1 spiro atoms. The highest BCUT2D eigenvalue weighted by Crippen LogP contribution is 2.35. The third-order valence-corrected chi connectivity index (χ3v) is 4.56. The minimum absolute atomic E-state index is 0.568. The first-order valence-corrected chi connectivity index (χ1v) is 8.49. The highest BCUT2D eigenvalue weighted by molar-refractivity contribution is 7.99. The molecule has 0 amide bonds. The molecule has 0 aromatic heterocycles. The number of hydrogen-bond donors (Lipinski definition) is 0. The average Bonchev–Trinajstić information content (AvgIpc) is 2.80. The van der Waals surface area contributed by atoms with Crippen molar-refractivity contribution in [1.82, 2.24) is 0 Å². The summed E-state index contributed by atoms with van der Waals surface area (Å²) in [5.41, 5.74) is 0. The van der Waals surface area contributed by atoms with E-state index >= 15 is 0 Å². The summed E-state index contributed by atoms with van der Waals surface area (Å²) in [4.78, 5) is 21.3. The van der Waals surface area contributed by atoms with E-state index < -0.39 is 5.79 Å². The number of hydrogen-bond acceptors (Lipinski definition) is 6. The van der Waals surface area contributed by atoms with Crippen LogP contribution in [-0.4, -0.2) is 29.2 Å². The largest absolute Gasteiger partial charge is 0.234 e. The van der Waals surface area contributed by atoms with Gasteiger partial charge in [0.2, 0.25) is 5.79 Å². The Labute approximate surface area is 111 Å². The fraction of sp³-hybridized carbons (Fsp3) is 1.00. The lowest BCUT2D eigenvalue weighted by Gasteiger charge is -2.25. The standard InChI is InChI=1S/C11H20O4S2/c1-2-6-11(5-1)14-12-9-16-7-3-4-8-17-10-13-15-11/h1-10H2. The van der Waals surface area contributed by atoms with Crippen LogP contribution in [0.15, 0.2) is 0 Å². The molecule has 0 aromatic rings. The van der Waals surface area contributed by atoms with Gasteiger partial charge in [0, 0.05) is 12.8 Å². The highest BCUT2D eigenvalue weighted by Gasteiger charge is 2.39. The van der Waals surface area contributed by atoms with E-state index in [2.05, 4.69) is 0 Å². The van der Waals surface area contributed by atoms with Crippen molar-refractivity contribution < 1.29 is 19.6 Å². The molecule has 0 radical (unpaired) electrons. The van der Waals surface area contributed by atoms with Crippen LogP contribution in [0.3, 0.4) is 0 Å². The van der Waals surface area contributed by atoms with Gasteiger partial charge in [0.05, 0.1) is 0 Å². The lowest BCUT2D eigenvalue weighted by atomic mass is 10.2. The van der Waals surface area contributed by atoms with Gasteiger partial charge < -0.3 is 0 Å². The quantitative estimate of drug-likeness (QED) is 0.634. The van der Waals surface area contributed by atoms with Crippen LogP contribution in [0.1, 0.15) is 38.5 Å². The van der Waals surface area contributed by atoms with E-state index in [0.717, 1.165) is 37.2 Å². The van der Waals surface area contributed by atoms with Gasteiger partial charge in [0.15, 0.2) is 0 Å². The molecule has 1 saturated heterocycles. The Bertz CT molecular complexity index is 194. The predicted molar refractivity (Wildman–Crippen MR) is 69.4 cm³/mol. The molecule has 2 fully saturated rings. The minimum atomic E-state index is -0.658. The van der Waals surface area contributed by atoms with Crippen molar-refractivity contribution in [1.29, 1.82) is 0 Å². The van der Waals surface area contributed by atoms with Crippen molar-refractivity contribution in [2.75, 3.05) is 23.4 Å². The van der Waals surface area contributed by atoms with Crippen molar-refractivity contribution in [3.8, 4) is 0 Å². The molecule has 2 rings (SSSR count). The number of thioether (sulfide) groups is 2. The van der Waals surface area contributed by atoms with Crippen LogP contribution in [0.2, 0.25) is 0 Å². The van der Waals surface area contributed by atoms with Crippen molar-refractivity contribution in [3.05, 3.63) is 0 Å². The van der Waals surface area contributed by atoms with Gasteiger partial charge in [-0.3, -0.25) is 0 Å². The molecule has 6 heteroatoms. The maximum atomic E-state index is 5.43. The zero-order valence-corrected chi connectivity index (χ0v) is 11.7. The zero-order valence-electron chi connectivity index (χ0n) is 10.0. The Morgan fingerprint density at radius 2 is 1.24 bits per heavy atom. The molecule has 0 aromatic carbocycles. The monoisotopic (exact) mass is 280 g/mol. The minimum Gasteiger partial charge on any atom is -0.223 e. The average molecular weight is 280 g/mol. The van der Waals surface area contributed by atoms with Crippen LogP contribution < -0.4 is 0 Å². The van der Waals surface area contributed by atoms with Crippen molar-refractivity contribution in [2.45, 2.75) is 44.3 Å². The molecule has 1 aliphatic heterocycles. The van der Waals surface area contributed by atoms with E-state index in [1.165, 1.54) is 12.8 Å². The first-order valence-electron chi connectivity index (χ1n) is 6.18. The Morgan fingerprint density at radius 1 is 0.706 bits per heavy atom. The summed E-state index contributed by atoms with van der Waals surface area (Å²) in [6, 6.07) is 0. The maximum Gasteiger partial charge on any atom is 0.234 e. The van der Waals surface area contributed by atoms with Crippen LogP contribution in [-0.2, 0) is 19.6 Å². The molecule has 0 atom stereocenters. The Balaban J connectivity index is 1.79. The summed E-state index contributed by atoms with van der Waals surface area (Å²) >= 11 is 3.53. The summed E-state index contributed by atoms with van der Waals surface area (Å²) in [6.45, 7) is 0. The van der Waals surface area contributed by atoms with Gasteiger partial charge in [-0.15, -0.1) is 23.5 Å². The third kappa shape index (κ3) is 4.96. The lowest BCUT2D eigenvalue weighted by molar-refractivity contribution is -0.501. The van der Waals surface area contributed by atoms with Crippen LogP contribution in [0, 0.1) is 0 Å². The Hall–Kier alpha value is 0.540. The molecule has 0 unspecified atom stereocenters. The molecule has 0 N–H and O–H groups in total. The van der Waals surface area contributed by atoms with Gasteiger partial charge in [0.25, 0.3) is 0 Å². The first-order chi connectivity index (χ1) is 8.41. The van der Waals surface area contributed by atoms with Gasteiger partial charge in [-0.25, -0.2) is 9.78 Å². The summed E-state index contributed by atoms with van der Waals surface area (Å²) in [7, 11) is 0. The second-order valence-corrected chi connectivity index (χ2v) is 6.38. The van der Waals surface area contributed by atoms with Crippen LogP contribution >= 0.6 is 23.5 Å². The van der Waals surface area contributed by atoms with Gasteiger partial charge in [0.1, 0.15) is 11.9 Å². The molecule has 1 saturated carbocycles. The normalized spacial score (nSPS) is 28.2. The second kappa shape index (κ2) is 7.86. The summed E-state index contributed by atoms with van der Waals surface area (Å²) in [5.74, 6) is 2.73. The van der Waals surface area contributed by atoms with E-state index in [4.69, 9.17) is 19.6 Å². The summed E-state index contributed by atoms with van der Waals surface area (Å²) in [5, 5.41) is 0. The molecule has 0 bridgehead atoms. The molecule has 1 heterocycles. The van der Waals surface area contributed by atoms with Crippen LogP contribution in [0.25, 0.3) is 0 Å². The summed E-state index contributed by atoms with van der Waals surface area (Å²) < 4.78 is 0.